The normalized spacial score (nSPS) is 13.9. The van der Waals surface area contributed by atoms with Crippen LogP contribution in [0.25, 0.3) is 0 Å². The summed E-state index contributed by atoms with van der Waals surface area (Å²) in [4.78, 5) is 0. The van der Waals surface area contributed by atoms with Gasteiger partial charge in [-0.25, -0.2) is 4.39 Å². The highest BCUT2D eigenvalue weighted by Crippen LogP contribution is 2.26. The van der Waals surface area contributed by atoms with E-state index in [0.29, 0.717) is 0 Å². The highest BCUT2D eigenvalue weighted by molar-refractivity contribution is 7.98. The number of halogens is 2. The lowest BCUT2D eigenvalue weighted by Crippen LogP contribution is -2.19. The van der Waals surface area contributed by atoms with Gasteiger partial charge in [0.1, 0.15) is 5.82 Å². The fourth-order valence-electron chi connectivity index (χ4n) is 1.11. The van der Waals surface area contributed by atoms with Gasteiger partial charge in [0.15, 0.2) is 0 Å². The third-order valence-corrected chi connectivity index (χ3v) is 3.38. The molecule has 1 atom stereocenters. The molecular weight excluding hydrogens is 245 g/mol. The summed E-state index contributed by atoms with van der Waals surface area (Å²) in [6.07, 6.45) is 0. The molecule has 0 fully saturated rings. The predicted molar refractivity (Wildman–Crippen MR) is 70.3 cm³/mol. The van der Waals surface area contributed by atoms with Crippen molar-refractivity contribution in [1.82, 2.24) is 4.72 Å². The lowest BCUT2D eigenvalue weighted by molar-refractivity contribution is 0.620. The summed E-state index contributed by atoms with van der Waals surface area (Å²) in [5.74, 6) is -0.367. The topological polar surface area (TPSA) is 12.0 Å². The Morgan fingerprint density at radius 2 is 2.00 bits per heavy atom. The van der Waals surface area contributed by atoms with Gasteiger partial charge in [-0.3, -0.25) is 4.72 Å². The molecule has 0 saturated carbocycles. The summed E-state index contributed by atoms with van der Waals surface area (Å²) in [6, 6.07) is 5.00. The van der Waals surface area contributed by atoms with E-state index >= 15 is 0 Å². The second-order valence-corrected chi connectivity index (χ2v) is 6.80. The van der Waals surface area contributed by atoms with Gasteiger partial charge in [0.25, 0.3) is 0 Å². The standard InChI is InChI=1S/C12H17ClFNS/c1-8(15-16-12(2,3)4)9-5-6-10(13)11(14)7-9/h5-8,15H,1-4H3. The molecule has 1 aromatic carbocycles. The van der Waals surface area contributed by atoms with Crippen molar-refractivity contribution in [3.05, 3.63) is 34.6 Å². The molecule has 1 nitrogen and oxygen atoms in total. The summed E-state index contributed by atoms with van der Waals surface area (Å²) in [7, 11) is 0. The van der Waals surface area contributed by atoms with E-state index in [4.69, 9.17) is 11.6 Å². The van der Waals surface area contributed by atoms with E-state index in [2.05, 4.69) is 25.5 Å². The van der Waals surface area contributed by atoms with E-state index in [1.54, 1.807) is 18.0 Å². The Kier molecular flexibility index (Phi) is 4.65. The highest BCUT2D eigenvalue weighted by atomic mass is 35.5. The third kappa shape index (κ3) is 4.32. The minimum Gasteiger partial charge on any atom is -0.256 e. The lowest BCUT2D eigenvalue weighted by atomic mass is 10.1. The first-order valence-corrected chi connectivity index (χ1v) is 6.37. The van der Waals surface area contributed by atoms with E-state index in [9.17, 15) is 4.39 Å². The average molecular weight is 262 g/mol. The van der Waals surface area contributed by atoms with Crippen LogP contribution < -0.4 is 4.72 Å². The Bertz CT molecular complexity index is 363. The summed E-state index contributed by atoms with van der Waals surface area (Å²) in [6.45, 7) is 8.38. The Balaban J connectivity index is 2.66. The molecule has 0 aliphatic heterocycles. The van der Waals surface area contributed by atoms with Gasteiger partial charge in [0, 0.05) is 10.8 Å². The number of hydrogen-bond acceptors (Lipinski definition) is 2. The minimum absolute atomic E-state index is 0.0935. The molecule has 0 radical (unpaired) electrons. The monoisotopic (exact) mass is 261 g/mol. The molecule has 0 aliphatic rings. The molecule has 0 heterocycles. The highest BCUT2D eigenvalue weighted by Gasteiger charge is 2.14. The van der Waals surface area contributed by atoms with Crippen molar-refractivity contribution in [2.45, 2.75) is 38.5 Å². The third-order valence-electron chi connectivity index (χ3n) is 1.99. The van der Waals surface area contributed by atoms with Gasteiger partial charge in [-0.15, -0.1) is 0 Å². The molecule has 0 spiro atoms. The fourth-order valence-corrected chi connectivity index (χ4v) is 1.90. The molecule has 1 N–H and O–H groups in total. The smallest absolute Gasteiger partial charge is 0.142 e. The van der Waals surface area contributed by atoms with Crippen LogP contribution >= 0.6 is 23.5 Å². The maximum atomic E-state index is 13.2. The number of nitrogens with one attached hydrogen (secondary N) is 1. The molecule has 4 heteroatoms. The van der Waals surface area contributed by atoms with Crippen molar-refractivity contribution in [2.24, 2.45) is 0 Å². The summed E-state index contributed by atoms with van der Waals surface area (Å²) in [5.41, 5.74) is 0.902. The quantitative estimate of drug-likeness (QED) is 0.800. The number of rotatable bonds is 3. The van der Waals surface area contributed by atoms with E-state index in [-0.39, 0.29) is 21.6 Å². The predicted octanol–water partition coefficient (Wildman–Crippen LogP) is 4.58. The molecule has 0 bridgehead atoms. The lowest BCUT2D eigenvalue weighted by Gasteiger charge is -2.22. The van der Waals surface area contributed by atoms with Crippen molar-refractivity contribution >= 4 is 23.5 Å². The van der Waals surface area contributed by atoms with Crippen LogP contribution in [0.4, 0.5) is 4.39 Å². The molecule has 0 saturated heterocycles. The molecule has 16 heavy (non-hydrogen) atoms. The van der Waals surface area contributed by atoms with Gasteiger partial charge >= 0.3 is 0 Å². The van der Waals surface area contributed by atoms with Crippen LogP contribution in [0.2, 0.25) is 5.02 Å². The average Bonchev–Trinajstić information content (AvgIpc) is 2.17. The SMILES string of the molecule is CC(NSC(C)(C)C)c1ccc(Cl)c(F)c1. The van der Waals surface area contributed by atoms with Gasteiger partial charge in [-0.2, -0.15) is 0 Å². The molecule has 0 amide bonds. The zero-order valence-corrected chi connectivity index (χ0v) is 11.5. The molecule has 1 unspecified atom stereocenters. The van der Waals surface area contributed by atoms with Crippen LogP contribution in [0.1, 0.15) is 39.3 Å². The Labute approximate surface area is 106 Å². The minimum atomic E-state index is -0.367. The molecule has 1 aromatic rings. The van der Waals surface area contributed by atoms with E-state index < -0.39 is 0 Å². The molecule has 0 aliphatic carbocycles. The van der Waals surface area contributed by atoms with Crippen LogP contribution in [0.15, 0.2) is 18.2 Å². The van der Waals surface area contributed by atoms with Crippen molar-refractivity contribution in [1.29, 1.82) is 0 Å². The van der Waals surface area contributed by atoms with Gasteiger partial charge < -0.3 is 0 Å². The van der Waals surface area contributed by atoms with Crippen LogP contribution in [0.5, 0.6) is 0 Å². The first-order chi connectivity index (χ1) is 7.29. The largest absolute Gasteiger partial charge is 0.256 e. The first kappa shape index (κ1) is 13.8. The molecular formula is C12H17ClFNS. The summed E-state index contributed by atoms with van der Waals surface area (Å²) in [5, 5.41) is 0.166. The van der Waals surface area contributed by atoms with Crippen molar-refractivity contribution < 1.29 is 4.39 Å². The number of hydrogen-bond donors (Lipinski definition) is 1. The first-order valence-electron chi connectivity index (χ1n) is 5.18. The molecule has 0 aromatic heterocycles. The maximum absolute atomic E-state index is 13.2. The zero-order chi connectivity index (χ0) is 12.3. The van der Waals surface area contributed by atoms with Gasteiger partial charge in [-0.1, -0.05) is 29.6 Å². The maximum Gasteiger partial charge on any atom is 0.142 e. The Morgan fingerprint density at radius 1 is 1.38 bits per heavy atom. The number of benzene rings is 1. The Hall–Kier alpha value is -0.250. The van der Waals surface area contributed by atoms with Crippen LogP contribution in [0.3, 0.4) is 0 Å². The van der Waals surface area contributed by atoms with Gasteiger partial charge in [0.05, 0.1) is 5.02 Å². The summed E-state index contributed by atoms with van der Waals surface area (Å²) < 4.78 is 16.7. The second kappa shape index (κ2) is 5.39. The zero-order valence-electron chi connectivity index (χ0n) is 9.97. The van der Waals surface area contributed by atoms with Crippen molar-refractivity contribution in [3.8, 4) is 0 Å². The molecule has 1 rings (SSSR count). The van der Waals surface area contributed by atoms with Crippen molar-refractivity contribution in [2.75, 3.05) is 0 Å². The van der Waals surface area contributed by atoms with Gasteiger partial charge in [-0.05, 0) is 45.4 Å². The fraction of sp³-hybridized carbons (Fsp3) is 0.500. The Morgan fingerprint density at radius 3 is 2.50 bits per heavy atom. The second-order valence-electron chi connectivity index (χ2n) is 4.73. The van der Waals surface area contributed by atoms with E-state index in [1.165, 1.54) is 6.07 Å². The van der Waals surface area contributed by atoms with Crippen molar-refractivity contribution in [3.63, 3.8) is 0 Å². The molecule has 90 valence electrons. The van der Waals surface area contributed by atoms with E-state index in [1.807, 2.05) is 13.0 Å². The van der Waals surface area contributed by atoms with E-state index in [0.717, 1.165) is 5.56 Å². The van der Waals surface area contributed by atoms with Crippen LogP contribution in [-0.2, 0) is 0 Å². The van der Waals surface area contributed by atoms with Crippen LogP contribution in [0, 0.1) is 5.82 Å². The van der Waals surface area contributed by atoms with Gasteiger partial charge in [0.2, 0.25) is 0 Å². The summed E-state index contributed by atoms with van der Waals surface area (Å²) >= 11 is 7.28. The van der Waals surface area contributed by atoms with Crippen LogP contribution in [-0.4, -0.2) is 4.75 Å².